The molecule has 0 radical (unpaired) electrons. The number of aromatic nitrogens is 2. The van der Waals surface area contributed by atoms with Crippen LogP contribution < -0.4 is 5.32 Å². The summed E-state index contributed by atoms with van der Waals surface area (Å²) < 4.78 is 28.2. The SMILES string of the molecule is CC(C)C[C@H](NC(=O)c1ccccc1Cl)c1nnc(S(C)(=O)=O)o1. The standard InChI is InChI=1S/C15H18ClN3O4S/c1-9(2)8-12(14-18-19-15(23-14)24(3,21)22)17-13(20)10-6-4-5-7-11(10)16/h4-7,9,12H,8H2,1-3H3,(H,17,20)/t12-/m0/s1. The van der Waals surface area contributed by atoms with Crippen LogP contribution in [0.25, 0.3) is 0 Å². The lowest BCUT2D eigenvalue weighted by Crippen LogP contribution is -2.30. The lowest BCUT2D eigenvalue weighted by molar-refractivity contribution is 0.0923. The maximum atomic E-state index is 12.4. The summed E-state index contributed by atoms with van der Waals surface area (Å²) in [6.07, 6.45) is 1.48. The molecule has 1 atom stereocenters. The van der Waals surface area contributed by atoms with Gasteiger partial charge in [-0.3, -0.25) is 4.79 Å². The molecule has 1 aromatic heterocycles. The summed E-state index contributed by atoms with van der Waals surface area (Å²) in [6, 6.07) is 6.02. The molecule has 0 saturated carbocycles. The molecule has 130 valence electrons. The lowest BCUT2D eigenvalue weighted by atomic mass is 10.0. The number of rotatable bonds is 6. The van der Waals surface area contributed by atoms with Crippen LogP contribution >= 0.6 is 11.6 Å². The normalized spacial score (nSPS) is 13.0. The molecule has 2 aromatic rings. The maximum Gasteiger partial charge on any atom is 0.335 e. The van der Waals surface area contributed by atoms with Gasteiger partial charge in [0, 0.05) is 6.26 Å². The zero-order valence-electron chi connectivity index (χ0n) is 13.5. The minimum Gasteiger partial charge on any atom is -0.410 e. The van der Waals surface area contributed by atoms with E-state index in [1.807, 2.05) is 13.8 Å². The highest BCUT2D eigenvalue weighted by atomic mass is 35.5. The molecule has 0 fully saturated rings. The second kappa shape index (κ2) is 7.31. The highest BCUT2D eigenvalue weighted by molar-refractivity contribution is 7.90. The van der Waals surface area contributed by atoms with Crippen LogP contribution in [0, 0.1) is 5.92 Å². The number of hydrogen-bond donors (Lipinski definition) is 1. The van der Waals surface area contributed by atoms with Gasteiger partial charge in [-0.15, -0.1) is 5.10 Å². The quantitative estimate of drug-likeness (QED) is 0.837. The van der Waals surface area contributed by atoms with E-state index in [0.29, 0.717) is 17.0 Å². The number of benzene rings is 1. The fourth-order valence-corrected chi connectivity index (χ4v) is 2.73. The third-order valence-electron chi connectivity index (χ3n) is 3.17. The van der Waals surface area contributed by atoms with Crippen molar-refractivity contribution in [3.05, 3.63) is 40.7 Å². The summed E-state index contributed by atoms with van der Waals surface area (Å²) in [5.74, 6) is -0.148. The molecule has 1 aromatic carbocycles. The Morgan fingerprint density at radius 3 is 2.50 bits per heavy atom. The predicted molar refractivity (Wildman–Crippen MR) is 88.5 cm³/mol. The van der Waals surface area contributed by atoms with E-state index in [0.717, 1.165) is 6.26 Å². The van der Waals surface area contributed by atoms with Crippen LogP contribution in [0.5, 0.6) is 0 Å². The molecule has 7 nitrogen and oxygen atoms in total. The Labute approximate surface area is 145 Å². The van der Waals surface area contributed by atoms with Gasteiger partial charge in [-0.25, -0.2) is 8.42 Å². The van der Waals surface area contributed by atoms with Crippen molar-refractivity contribution >= 4 is 27.3 Å². The Morgan fingerprint density at radius 1 is 1.29 bits per heavy atom. The number of amides is 1. The number of sulfone groups is 1. The van der Waals surface area contributed by atoms with E-state index < -0.39 is 27.0 Å². The molecule has 0 aliphatic heterocycles. The van der Waals surface area contributed by atoms with Crippen LogP contribution in [0.3, 0.4) is 0 Å². The molecule has 24 heavy (non-hydrogen) atoms. The van der Waals surface area contributed by atoms with Gasteiger partial charge in [0.05, 0.1) is 10.6 Å². The van der Waals surface area contributed by atoms with Crippen LogP contribution in [0.15, 0.2) is 33.9 Å². The highest BCUT2D eigenvalue weighted by Gasteiger charge is 2.25. The van der Waals surface area contributed by atoms with E-state index in [1.54, 1.807) is 24.3 Å². The van der Waals surface area contributed by atoms with E-state index in [4.69, 9.17) is 16.0 Å². The summed E-state index contributed by atoms with van der Waals surface area (Å²) in [7, 11) is -3.61. The molecule has 0 aliphatic rings. The largest absolute Gasteiger partial charge is 0.410 e. The molecule has 0 unspecified atom stereocenters. The Bertz CT molecular complexity index is 833. The van der Waals surface area contributed by atoms with Crippen LogP contribution in [-0.4, -0.2) is 30.8 Å². The first-order valence-corrected chi connectivity index (χ1v) is 9.54. The van der Waals surface area contributed by atoms with Crippen LogP contribution in [-0.2, 0) is 9.84 Å². The van der Waals surface area contributed by atoms with Gasteiger partial charge in [-0.05, 0) is 24.5 Å². The Balaban J connectivity index is 2.27. The van der Waals surface area contributed by atoms with Crippen LogP contribution in [0.2, 0.25) is 5.02 Å². The lowest BCUT2D eigenvalue weighted by Gasteiger charge is -2.17. The number of nitrogens with zero attached hydrogens (tertiary/aromatic N) is 2. The van der Waals surface area contributed by atoms with Gasteiger partial charge in [-0.2, -0.15) is 0 Å². The van der Waals surface area contributed by atoms with Gasteiger partial charge in [0.25, 0.3) is 5.91 Å². The average Bonchev–Trinajstić information content (AvgIpc) is 2.96. The van der Waals surface area contributed by atoms with Crippen LogP contribution in [0.1, 0.15) is 42.6 Å². The second-order valence-corrected chi connectivity index (χ2v) is 8.11. The Morgan fingerprint density at radius 2 is 1.96 bits per heavy atom. The molecule has 1 heterocycles. The van der Waals surface area contributed by atoms with Crippen molar-refractivity contribution in [1.82, 2.24) is 15.5 Å². The van der Waals surface area contributed by atoms with E-state index >= 15 is 0 Å². The summed E-state index contributed by atoms with van der Waals surface area (Å²) in [6.45, 7) is 3.92. The van der Waals surface area contributed by atoms with Gasteiger partial charge in [0.2, 0.25) is 15.7 Å². The van der Waals surface area contributed by atoms with Crippen molar-refractivity contribution in [1.29, 1.82) is 0 Å². The third kappa shape index (κ3) is 4.55. The fourth-order valence-electron chi connectivity index (χ4n) is 2.09. The minimum absolute atomic E-state index is 0.0459. The summed E-state index contributed by atoms with van der Waals surface area (Å²) in [5.41, 5.74) is 0.316. The first kappa shape index (κ1) is 18.4. The van der Waals surface area contributed by atoms with E-state index in [1.165, 1.54) is 0 Å². The minimum atomic E-state index is -3.61. The summed E-state index contributed by atoms with van der Waals surface area (Å²) in [5, 5.41) is 9.91. The zero-order valence-corrected chi connectivity index (χ0v) is 15.1. The third-order valence-corrected chi connectivity index (χ3v) is 4.30. The van der Waals surface area contributed by atoms with Crippen molar-refractivity contribution in [2.45, 2.75) is 31.5 Å². The molecular weight excluding hydrogens is 354 g/mol. The number of carbonyl (C=O) groups is 1. The summed E-state index contributed by atoms with van der Waals surface area (Å²) >= 11 is 6.03. The first-order chi connectivity index (χ1) is 11.2. The highest BCUT2D eigenvalue weighted by Crippen LogP contribution is 2.23. The topological polar surface area (TPSA) is 102 Å². The monoisotopic (exact) mass is 371 g/mol. The Kier molecular flexibility index (Phi) is 5.61. The van der Waals surface area contributed by atoms with Gasteiger partial charge < -0.3 is 9.73 Å². The molecule has 0 saturated heterocycles. The molecule has 0 aliphatic carbocycles. The molecule has 0 bridgehead atoms. The van der Waals surface area contributed by atoms with Crippen molar-refractivity contribution in [2.75, 3.05) is 6.26 Å². The van der Waals surface area contributed by atoms with Crippen molar-refractivity contribution in [3.8, 4) is 0 Å². The Hall–Kier alpha value is -1.93. The molecule has 1 N–H and O–H groups in total. The second-order valence-electron chi connectivity index (χ2n) is 5.81. The van der Waals surface area contributed by atoms with Gasteiger partial charge in [-0.1, -0.05) is 42.7 Å². The van der Waals surface area contributed by atoms with Crippen LogP contribution in [0.4, 0.5) is 0 Å². The molecule has 0 spiro atoms. The van der Waals surface area contributed by atoms with E-state index in [-0.39, 0.29) is 11.8 Å². The first-order valence-electron chi connectivity index (χ1n) is 7.27. The van der Waals surface area contributed by atoms with Crippen molar-refractivity contribution < 1.29 is 17.6 Å². The number of halogens is 1. The van der Waals surface area contributed by atoms with E-state index in [9.17, 15) is 13.2 Å². The molecule has 2 rings (SSSR count). The zero-order chi connectivity index (χ0) is 17.9. The van der Waals surface area contributed by atoms with E-state index in [2.05, 4.69) is 15.5 Å². The van der Waals surface area contributed by atoms with Gasteiger partial charge >= 0.3 is 5.22 Å². The fraction of sp³-hybridized carbons (Fsp3) is 0.400. The summed E-state index contributed by atoms with van der Waals surface area (Å²) in [4.78, 5) is 12.4. The molecule has 1 amide bonds. The number of carbonyl (C=O) groups excluding carboxylic acids is 1. The molecular formula is C15H18ClN3O4S. The predicted octanol–water partition coefficient (Wildman–Crippen LogP) is 2.64. The van der Waals surface area contributed by atoms with Gasteiger partial charge in [0.1, 0.15) is 6.04 Å². The van der Waals surface area contributed by atoms with Crippen molar-refractivity contribution in [3.63, 3.8) is 0 Å². The molecule has 9 heteroatoms. The maximum absolute atomic E-state index is 12.4. The van der Waals surface area contributed by atoms with Gasteiger partial charge in [0.15, 0.2) is 0 Å². The number of nitrogens with one attached hydrogen (secondary N) is 1. The number of hydrogen-bond acceptors (Lipinski definition) is 6. The average molecular weight is 372 g/mol. The smallest absolute Gasteiger partial charge is 0.335 e. The van der Waals surface area contributed by atoms with Crippen molar-refractivity contribution in [2.24, 2.45) is 5.92 Å².